The van der Waals surface area contributed by atoms with Crippen molar-refractivity contribution in [2.45, 2.75) is 33.5 Å². The second-order valence-corrected chi connectivity index (χ2v) is 5.05. The Labute approximate surface area is 155 Å². The van der Waals surface area contributed by atoms with Gasteiger partial charge in [0.1, 0.15) is 12.9 Å². The monoisotopic (exact) mass is 428 g/mol. The van der Waals surface area contributed by atoms with Gasteiger partial charge < -0.3 is 14.8 Å². The quantitative estimate of drug-likeness (QED) is 0.437. The number of aryl methyl sites for hydroxylation is 1. The number of rotatable bonds is 6. The number of aromatic nitrogens is 3. The number of guanidine groups is 1. The molecule has 0 saturated carbocycles. The summed E-state index contributed by atoms with van der Waals surface area (Å²) >= 11 is 0. The van der Waals surface area contributed by atoms with Crippen molar-refractivity contribution in [3.8, 4) is 0 Å². The van der Waals surface area contributed by atoms with E-state index in [0.717, 1.165) is 31.4 Å². The first kappa shape index (κ1) is 19.4. The number of aliphatic imine (C=N–C) groups is 1. The van der Waals surface area contributed by atoms with E-state index in [4.69, 9.17) is 0 Å². The molecule has 1 aromatic carbocycles. The van der Waals surface area contributed by atoms with Crippen LogP contribution >= 0.6 is 24.0 Å². The number of benzene rings is 1. The molecule has 0 saturated heterocycles. The third kappa shape index (κ3) is 5.81. The van der Waals surface area contributed by atoms with Crippen LogP contribution < -0.4 is 5.32 Å². The minimum atomic E-state index is 0. The van der Waals surface area contributed by atoms with Gasteiger partial charge in [-0.15, -0.1) is 34.2 Å². The number of nitrogens with zero attached hydrogens (tertiary/aromatic N) is 5. The molecule has 23 heavy (non-hydrogen) atoms. The minimum Gasteiger partial charge on any atom is -0.357 e. The van der Waals surface area contributed by atoms with Crippen LogP contribution in [0.15, 0.2) is 41.7 Å². The topological polar surface area (TPSA) is 58.3 Å². The van der Waals surface area contributed by atoms with Gasteiger partial charge in [0, 0.05) is 26.7 Å². The molecule has 0 atom stereocenters. The van der Waals surface area contributed by atoms with E-state index in [0.29, 0.717) is 6.54 Å². The standard InChI is InChI=1S/C16H24N6.HI/c1-4-17-16(18-11-15-20-19-13-22(15)5-2)21(3)12-14-9-7-6-8-10-14;/h6-10,13H,4-5,11-12H2,1-3H3,(H,17,18);1H. The highest BCUT2D eigenvalue weighted by Gasteiger charge is 2.08. The van der Waals surface area contributed by atoms with E-state index in [-0.39, 0.29) is 24.0 Å². The summed E-state index contributed by atoms with van der Waals surface area (Å²) in [5, 5.41) is 11.4. The molecule has 6 nitrogen and oxygen atoms in total. The highest BCUT2D eigenvalue weighted by atomic mass is 127. The van der Waals surface area contributed by atoms with Crippen molar-refractivity contribution in [3.05, 3.63) is 48.0 Å². The van der Waals surface area contributed by atoms with Crippen LogP contribution in [0, 0.1) is 0 Å². The fourth-order valence-electron chi connectivity index (χ4n) is 2.21. The van der Waals surface area contributed by atoms with E-state index >= 15 is 0 Å². The molecule has 0 aliphatic rings. The molecule has 2 aromatic rings. The maximum absolute atomic E-state index is 4.67. The predicted molar refractivity (Wildman–Crippen MR) is 104 cm³/mol. The van der Waals surface area contributed by atoms with Crippen molar-refractivity contribution >= 4 is 29.9 Å². The van der Waals surface area contributed by atoms with Crippen molar-refractivity contribution in [1.82, 2.24) is 25.0 Å². The van der Waals surface area contributed by atoms with Gasteiger partial charge in [-0.3, -0.25) is 0 Å². The SMILES string of the molecule is CCNC(=NCc1nncn1CC)N(C)Cc1ccccc1.I. The Balaban J connectivity index is 0.00000264. The van der Waals surface area contributed by atoms with Crippen molar-refractivity contribution in [1.29, 1.82) is 0 Å². The first-order valence-electron chi connectivity index (χ1n) is 7.64. The Morgan fingerprint density at radius 1 is 1.26 bits per heavy atom. The van der Waals surface area contributed by atoms with Gasteiger partial charge in [-0.1, -0.05) is 30.3 Å². The Hall–Kier alpha value is -1.64. The molecule has 1 aromatic heterocycles. The van der Waals surface area contributed by atoms with Crippen LogP contribution in [0.3, 0.4) is 0 Å². The van der Waals surface area contributed by atoms with Gasteiger partial charge in [0.2, 0.25) is 0 Å². The Bertz CT molecular complexity index is 596. The third-order valence-corrected chi connectivity index (χ3v) is 3.37. The largest absolute Gasteiger partial charge is 0.357 e. The van der Waals surface area contributed by atoms with Gasteiger partial charge in [-0.2, -0.15) is 0 Å². The molecule has 0 spiro atoms. The summed E-state index contributed by atoms with van der Waals surface area (Å²) in [5.74, 6) is 1.75. The highest BCUT2D eigenvalue weighted by Crippen LogP contribution is 2.04. The zero-order chi connectivity index (χ0) is 15.8. The van der Waals surface area contributed by atoms with Gasteiger partial charge in [0.05, 0.1) is 0 Å². The smallest absolute Gasteiger partial charge is 0.194 e. The molecule has 0 aliphatic heterocycles. The van der Waals surface area contributed by atoms with Crippen molar-refractivity contribution in [3.63, 3.8) is 0 Å². The lowest BCUT2D eigenvalue weighted by Crippen LogP contribution is -2.38. The normalized spacial score (nSPS) is 11.0. The molecule has 1 N–H and O–H groups in total. The van der Waals surface area contributed by atoms with Crippen LogP contribution in [-0.2, 0) is 19.6 Å². The first-order valence-corrected chi connectivity index (χ1v) is 7.64. The summed E-state index contributed by atoms with van der Waals surface area (Å²) in [6.45, 7) is 7.17. The molecule has 7 heteroatoms. The third-order valence-electron chi connectivity index (χ3n) is 3.37. The van der Waals surface area contributed by atoms with Crippen LogP contribution in [0.2, 0.25) is 0 Å². The van der Waals surface area contributed by atoms with Gasteiger partial charge >= 0.3 is 0 Å². The van der Waals surface area contributed by atoms with Crippen LogP contribution in [0.1, 0.15) is 25.2 Å². The molecular weight excluding hydrogens is 403 g/mol. The van der Waals surface area contributed by atoms with E-state index in [9.17, 15) is 0 Å². The van der Waals surface area contributed by atoms with Crippen LogP contribution in [0.25, 0.3) is 0 Å². The molecule has 1 heterocycles. The summed E-state index contributed by atoms with van der Waals surface area (Å²) in [4.78, 5) is 6.79. The van der Waals surface area contributed by atoms with E-state index in [1.165, 1.54) is 5.56 Å². The van der Waals surface area contributed by atoms with Gasteiger partial charge in [-0.05, 0) is 19.4 Å². The molecule has 2 rings (SSSR count). The van der Waals surface area contributed by atoms with Crippen molar-refractivity contribution < 1.29 is 0 Å². The fourth-order valence-corrected chi connectivity index (χ4v) is 2.21. The molecular formula is C16H25IN6. The van der Waals surface area contributed by atoms with Gasteiger partial charge in [0.15, 0.2) is 11.8 Å². The maximum Gasteiger partial charge on any atom is 0.194 e. The maximum atomic E-state index is 4.67. The van der Waals surface area contributed by atoms with Crippen LogP contribution in [0.5, 0.6) is 0 Å². The van der Waals surface area contributed by atoms with Crippen LogP contribution in [0.4, 0.5) is 0 Å². The Kier molecular flexibility index (Phi) is 8.60. The Morgan fingerprint density at radius 2 is 2.00 bits per heavy atom. The summed E-state index contributed by atoms with van der Waals surface area (Å²) in [5.41, 5.74) is 1.26. The first-order chi connectivity index (χ1) is 10.7. The number of hydrogen-bond acceptors (Lipinski definition) is 3. The Morgan fingerprint density at radius 3 is 2.65 bits per heavy atom. The second kappa shape index (κ2) is 10.2. The van der Waals surface area contributed by atoms with E-state index in [2.05, 4.69) is 63.5 Å². The van der Waals surface area contributed by atoms with Gasteiger partial charge in [0.25, 0.3) is 0 Å². The van der Waals surface area contributed by atoms with E-state index in [1.807, 2.05) is 17.7 Å². The highest BCUT2D eigenvalue weighted by molar-refractivity contribution is 14.0. The summed E-state index contributed by atoms with van der Waals surface area (Å²) in [7, 11) is 2.04. The second-order valence-electron chi connectivity index (χ2n) is 5.05. The summed E-state index contributed by atoms with van der Waals surface area (Å²) in [6.07, 6.45) is 1.74. The molecule has 0 fully saturated rings. The molecule has 0 bridgehead atoms. The molecule has 0 amide bonds. The molecule has 0 unspecified atom stereocenters. The lowest BCUT2D eigenvalue weighted by atomic mass is 10.2. The minimum absolute atomic E-state index is 0. The van der Waals surface area contributed by atoms with E-state index in [1.54, 1.807) is 6.33 Å². The lowest BCUT2D eigenvalue weighted by molar-refractivity contribution is 0.476. The van der Waals surface area contributed by atoms with Gasteiger partial charge in [-0.25, -0.2) is 4.99 Å². The van der Waals surface area contributed by atoms with Crippen molar-refractivity contribution in [2.24, 2.45) is 4.99 Å². The van der Waals surface area contributed by atoms with E-state index < -0.39 is 0 Å². The zero-order valence-electron chi connectivity index (χ0n) is 13.9. The summed E-state index contributed by atoms with van der Waals surface area (Å²) < 4.78 is 2.00. The fraction of sp³-hybridized carbons (Fsp3) is 0.438. The average molecular weight is 428 g/mol. The predicted octanol–water partition coefficient (Wildman–Crippen LogP) is 2.51. The molecule has 0 radical (unpaired) electrons. The summed E-state index contributed by atoms with van der Waals surface area (Å²) in [6, 6.07) is 10.4. The van der Waals surface area contributed by atoms with Crippen molar-refractivity contribution in [2.75, 3.05) is 13.6 Å². The number of hydrogen-bond donors (Lipinski definition) is 1. The zero-order valence-corrected chi connectivity index (χ0v) is 16.3. The van der Waals surface area contributed by atoms with Crippen LogP contribution in [-0.4, -0.2) is 39.2 Å². The number of halogens is 1. The average Bonchev–Trinajstić information content (AvgIpc) is 2.99. The molecule has 0 aliphatic carbocycles. The molecule has 126 valence electrons. The number of nitrogens with one attached hydrogen (secondary N) is 1. The lowest BCUT2D eigenvalue weighted by Gasteiger charge is -2.22.